The van der Waals surface area contributed by atoms with E-state index in [4.69, 9.17) is 10.00 Å². The van der Waals surface area contributed by atoms with Crippen molar-refractivity contribution < 1.29 is 4.74 Å². The fourth-order valence-electron chi connectivity index (χ4n) is 1.88. The number of aryl methyl sites for hydroxylation is 1. The van der Waals surface area contributed by atoms with E-state index >= 15 is 0 Å². The van der Waals surface area contributed by atoms with Crippen molar-refractivity contribution in [3.63, 3.8) is 0 Å². The highest BCUT2D eigenvalue weighted by Crippen LogP contribution is 2.19. The Hall–Kier alpha value is -1.53. The predicted molar refractivity (Wildman–Crippen MR) is 73.6 cm³/mol. The minimum absolute atomic E-state index is 0.504. The molecule has 0 saturated carbocycles. The Morgan fingerprint density at radius 1 is 1.33 bits per heavy atom. The number of hydrogen-bond acceptors (Lipinski definition) is 3. The zero-order valence-corrected chi connectivity index (χ0v) is 11.5. The molecule has 98 valence electrons. The van der Waals surface area contributed by atoms with Gasteiger partial charge in [0.1, 0.15) is 11.3 Å². The van der Waals surface area contributed by atoms with E-state index < -0.39 is 5.54 Å². The molecule has 0 aliphatic carbocycles. The Morgan fingerprint density at radius 2 is 2.06 bits per heavy atom. The van der Waals surface area contributed by atoms with Gasteiger partial charge in [0.2, 0.25) is 0 Å². The van der Waals surface area contributed by atoms with Crippen LogP contribution in [-0.2, 0) is 6.42 Å². The molecule has 0 saturated heterocycles. The first-order chi connectivity index (χ1) is 8.65. The number of nitrogens with one attached hydrogen (secondary N) is 1. The van der Waals surface area contributed by atoms with Gasteiger partial charge >= 0.3 is 0 Å². The van der Waals surface area contributed by atoms with Crippen molar-refractivity contribution in [3.8, 4) is 11.8 Å². The van der Waals surface area contributed by atoms with Crippen LogP contribution in [0.25, 0.3) is 0 Å². The molecule has 0 radical (unpaired) electrons. The highest BCUT2D eigenvalue weighted by Gasteiger charge is 2.22. The number of hydrogen-bond donors (Lipinski definition) is 1. The normalized spacial score (nSPS) is 13.7. The molecule has 0 aliphatic rings. The molecular weight excluding hydrogens is 224 g/mol. The monoisotopic (exact) mass is 246 g/mol. The Bertz CT molecular complexity index is 411. The summed E-state index contributed by atoms with van der Waals surface area (Å²) in [6, 6.07) is 10.3. The molecule has 1 aromatic carbocycles. The Balaban J connectivity index is 2.53. The van der Waals surface area contributed by atoms with Crippen molar-refractivity contribution in [2.24, 2.45) is 0 Å². The SMILES string of the molecule is CCNC(C)(C#N)CCOc1ccccc1CC. The van der Waals surface area contributed by atoms with Crippen molar-refractivity contribution in [1.29, 1.82) is 5.26 Å². The van der Waals surface area contributed by atoms with Crippen molar-refractivity contribution >= 4 is 0 Å². The topological polar surface area (TPSA) is 45.0 Å². The first-order valence-corrected chi connectivity index (χ1v) is 6.52. The van der Waals surface area contributed by atoms with Gasteiger partial charge in [-0.2, -0.15) is 5.26 Å². The van der Waals surface area contributed by atoms with Crippen molar-refractivity contribution in [2.75, 3.05) is 13.2 Å². The molecule has 1 N–H and O–H groups in total. The lowest BCUT2D eigenvalue weighted by Crippen LogP contribution is -2.42. The molecule has 1 rings (SSSR count). The van der Waals surface area contributed by atoms with Gasteiger partial charge in [-0.15, -0.1) is 0 Å². The molecule has 1 unspecified atom stereocenters. The zero-order valence-electron chi connectivity index (χ0n) is 11.5. The van der Waals surface area contributed by atoms with Gasteiger partial charge in [-0.05, 0) is 31.5 Å². The van der Waals surface area contributed by atoms with Gasteiger partial charge < -0.3 is 4.74 Å². The highest BCUT2D eigenvalue weighted by atomic mass is 16.5. The second kappa shape index (κ2) is 7.03. The summed E-state index contributed by atoms with van der Waals surface area (Å²) in [6.07, 6.45) is 1.63. The smallest absolute Gasteiger partial charge is 0.122 e. The summed E-state index contributed by atoms with van der Waals surface area (Å²) in [6.45, 7) is 7.36. The van der Waals surface area contributed by atoms with Crippen LogP contribution in [0.1, 0.15) is 32.8 Å². The predicted octanol–water partition coefficient (Wildman–Crippen LogP) is 2.91. The average Bonchev–Trinajstić information content (AvgIpc) is 2.39. The summed E-state index contributed by atoms with van der Waals surface area (Å²) in [5.41, 5.74) is 0.704. The average molecular weight is 246 g/mol. The number of benzene rings is 1. The minimum atomic E-state index is -0.504. The van der Waals surface area contributed by atoms with E-state index in [0.717, 1.165) is 18.7 Å². The van der Waals surface area contributed by atoms with Gasteiger partial charge in [-0.1, -0.05) is 32.0 Å². The Kier molecular flexibility index (Phi) is 5.67. The third kappa shape index (κ3) is 4.05. The summed E-state index contributed by atoms with van der Waals surface area (Å²) in [5.74, 6) is 0.928. The maximum atomic E-state index is 9.15. The summed E-state index contributed by atoms with van der Waals surface area (Å²) < 4.78 is 5.78. The lowest BCUT2D eigenvalue weighted by atomic mass is 10.0. The first-order valence-electron chi connectivity index (χ1n) is 6.52. The number of nitriles is 1. The molecule has 0 bridgehead atoms. The van der Waals surface area contributed by atoms with E-state index in [0.29, 0.717) is 13.0 Å². The van der Waals surface area contributed by atoms with Crippen LogP contribution in [-0.4, -0.2) is 18.7 Å². The largest absolute Gasteiger partial charge is 0.493 e. The zero-order chi connectivity index (χ0) is 13.4. The van der Waals surface area contributed by atoms with Crippen LogP contribution in [0.15, 0.2) is 24.3 Å². The second-order valence-electron chi connectivity index (χ2n) is 4.53. The van der Waals surface area contributed by atoms with Gasteiger partial charge in [0.15, 0.2) is 0 Å². The van der Waals surface area contributed by atoms with E-state index in [1.54, 1.807) is 0 Å². The number of para-hydroxylation sites is 1. The van der Waals surface area contributed by atoms with Gasteiger partial charge in [0.25, 0.3) is 0 Å². The van der Waals surface area contributed by atoms with Gasteiger partial charge in [0, 0.05) is 6.42 Å². The summed E-state index contributed by atoms with van der Waals surface area (Å²) >= 11 is 0. The third-order valence-electron chi connectivity index (χ3n) is 3.03. The number of nitrogens with zero attached hydrogens (tertiary/aromatic N) is 1. The van der Waals surface area contributed by atoms with Crippen molar-refractivity contribution in [1.82, 2.24) is 5.32 Å². The molecule has 3 nitrogen and oxygen atoms in total. The van der Waals surface area contributed by atoms with E-state index in [9.17, 15) is 0 Å². The standard InChI is InChI=1S/C15H22N2O/c1-4-13-8-6-7-9-14(13)18-11-10-15(3,12-16)17-5-2/h6-9,17H,4-5,10-11H2,1-3H3. The lowest BCUT2D eigenvalue weighted by Gasteiger charge is -2.22. The highest BCUT2D eigenvalue weighted by molar-refractivity contribution is 5.33. The van der Waals surface area contributed by atoms with Crippen LogP contribution < -0.4 is 10.1 Å². The summed E-state index contributed by atoms with van der Waals surface area (Å²) in [5, 5.41) is 12.3. The minimum Gasteiger partial charge on any atom is -0.493 e. The van der Waals surface area contributed by atoms with Gasteiger partial charge in [-0.3, -0.25) is 5.32 Å². The molecule has 1 atom stereocenters. The van der Waals surface area contributed by atoms with E-state index in [-0.39, 0.29) is 0 Å². The molecule has 0 heterocycles. The van der Waals surface area contributed by atoms with Gasteiger partial charge in [-0.25, -0.2) is 0 Å². The van der Waals surface area contributed by atoms with Crippen LogP contribution in [0.3, 0.4) is 0 Å². The van der Waals surface area contributed by atoms with Crippen molar-refractivity contribution in [3.05, 3.63) is 29.8 Å². The van der Waals surface area contributed by atoms with Crippen LogP contribution >= 0.6 is 0 Å². The summed E-state index contributed by atoms with van der Waals surface area (Å²) in [7, 11) is 0. The summed E-state index contributed by atoms with van der Waals surface area (Å²) in [4.78, 5) is 0. The Labute approximate surface area is 110 Å². The van der Waals surface area contributed by atoms with Crippen molar-refractivity contribution in [2.45, 2.75) is 39.2 Å². The number of ether oxygens (including phenoxy) is 1. The van der Waals surface area contributed by atoms with E-state index in [1.807, 2.05) is 32.0 Å². The second-order valence-corrected chi connectivity index (χ2v) is 4.53. The molecule has 0 fully saturated rings. The number of rotatable bonds is 7. The molecule has 0 amide bonds. The third-order valence-corrected chi connectivity index (χ3v) is 3.03. The fourth-order valence-corrected chi connectivity index (χ4v) is 1.88. The molecule has 1 aromatic rings. The molecule has 0 aliphatic heterocycles. The van der Waals surface area contributed by atoms with E-state index in [1.165, 1.54) is 5.56 Å². The first kappa shape index (κ1) is 14.5. The van der Waals surface area contributed by atoms with Crippen LogP contribution in [0.2, 0.25) is 0 Å². The molecular formula is C15H22N2O. The molecule has 0 spiro atoms. The molecule has 18 heavy (non-hydrogen) atoms. The maximum Gasteiger partial charge on any atom is 0.122 e. The van der Waals surface area contributed by atoms with E-state index in [2.05, 4.69) is 24.4 Å². The van der Waals surface area contributed by atoms with Gasteiger partial charge in [0.05, 0.1) is 12.7 Å². The maximum absolute atomic E-state index is 9.15. The van der Waals surface area contributed by atoms with Crippen LogP contribution in [0, 0.1) is 11.3 Å². The quantitative estimate of drug-likeness (QED) is 0.804. The van der Waals surface area contributed by atoms with Crippen LogP contribution in [0.4, 0.5) is 0 Å². The Morgan fingerprint density at radius 3 is 2.67 bits per heavy atom. The fraction of sp³-hybridized carbons (Fsp3) is 0.533. The molecule has 0 aromatic heterocycles. The lowest BCUT2D eigenvalue weighted by molar-refractivity contribution is 0.267. The van der Waals surface area contributed by atoms with Crippen LogP contribution in [0.5, 0.6) is 5.75 Å². The molecule has 3 heteroatoms.